The molecule has 0 radical (unpaired) electrons. The first kappa shape index (κ1) is 17.8. The number of phenols is 1. The Hall–Kier alpha value is -1.62. The van der Waals surface area contributed by atoms with Crippen LogP contribution in [0.2, 0.25) is 0 Å². The van der Waals surface area contributed by atoms with E-state index < -0.39 is 0 Å². The van der Waals surface area contributed by atoms with Crippen molar-refractivity contribution < 1.29 is 10.2 Å². The Balaban J connectivity index is 1.52. The normalized spacial score (nSPS) is 23.0. The molecule has 2 aromatic carbocycles. The lowest BCUT2D eigenvalue weighted by Gasteiger charge is -2.44. The number of rotatable bonds is 5. The fraction of sp³-hybridized carbons (Fsp3) is 0.545. The highest BCUT2D eigenvalue weighted by Crippen LogP contribution is 2.31. The smallest absolute Gasteiger partial charge is 0.120 e. The number of piperazine rings is 1. The van der Waals surface area contributed by atoms with E-state index in [9.17, 15) is 10.2 Å². The summed E-state index contributed by atoms with van der Waals surface area (Å²) in [6.45, 7) is 4.09. The molecule has 4 nitrogen and oxygen atoms in total. The van der Waals surface area contributed by atoms with Crippen LogP contribution in [-0.2, 0) is 6.54 Å². The van der Waals surface area contributed by atoms with Gasteiger partial charge in [0.15, 0.2) is 0 Å². The van der Waals surface area contributed by atoms with Crippen molar-refractivity contribution in [1.29, 1.82) is 0 Å². The Morgan fingerprint density at radius 2 is 1.81 bits per heavy atom. The molecular formula is C22H30N2O2. The van der Waals surface area contributed by atoms with Gasteiger partial charge in [0.2, 0.25) is 0 Å². The standard InChI is InChI=1S/C22H30N2O2/c25-14-11-19-15-23(12-13-24(19)18-6-2-3-7-18)16-21-20-8-4-1-5-17(20)9-10-22(21)26/h1,4-5,8-10,18-19,25-26H,2-3,6-7,11-16H2. The summed E-state index contributed by atoms with van der Waals surface area (Å²) in [5.74, 6) is 0.389. The zero-order valence-corrected chi connectivity index (χ0v) is 15.5. The minimum atomic E-state index is 0.251. The average Bonchev–Trinajstić information content (AvgIpc) is 3.19. The predicted octanol–water partition coefficient (Wildman–Crippen LogP) is 3.36. The van der Waals surface area contributed by atoms with Crippen molar-refractivity contribution in [3.05, 3.63) is 42.0 Å². The van der Waals surface area contributed by atoms with E-state index in [1.54, 1.807) is 0 Å². The van der Waals surface area contributed by atoms with Crippen LogP contribution in [0, 0.1) is 0 Å². The molecular weight excluding hydrogens is 324 g/mol. The minimum absolute atomic E-state index is 0.251. The average molecular weight is 354 g/mol. The molecule has 1 heterocycles. The van der Waals surface area contributed by atoms with Crippen LogP contribution in [0.15, 0.2) is 36.4 Å². The van der Waals surface area contributed by atoms with Gasteiger partial charge in [-0.1, -0.05) is 43.2 Å². The topological polar surface area (TPSA) is 46.9 Å². The summed E-state index contributed by atoms with van der Waals surface area (Å²) in [6, 6.07) is 13.2. The largest absolute Gasteiger partial charge is 0.508 e. The molecule has 1 saturated heterocycles. The van der Waals surface area contributed by atoms with Crippen molar-refractivity contribution in [2.24, 2.45) is 0 Å². The van der Waals surface area contributed by atoms with E-state index in [1.165, 1.54) is 31.1 Å². The molecule has 4 heteroatoms. The lowest BCUT2D eigenvalue weighted by molar-refractivity contribution is 0.0266. The SMILES string of the molecule is OCCC1CN(Cc2c(O)ccc3ccccc23)CCN1C1CCCC1. The van der Waals surface area contributed by atoms with Gasteiger partial charge in [-0.05, 0) is 36.1 Å². The van der Waals surface area contributed by atoms with Gasteiger partial charge in [0.25, 0.3) is 0 Å². The number of nitrogens with zero attached hydrogens (tertiary/aromatic N) is 2. The van der Waals surface area contributed by atoms with E-state index in [1.807, 2.05) is 24.3 Å². The number of benzene rings is 2. The molecule has 2 fully saturated rings. The summed E-state index contributed by atoms with van der Waals surface area (Å²) < 4.78 is 0. The minimum Gasteiger partial charge on any atom is -0.508 e. The van der Waals surface area contributed by atoms with Crippen LogP contribution in [-0.4, -0.2) is 58.3 Å². The van der Waals surface area contributed by atoms with Crippen molar-refractivity contribution in [2.45, 2.75) is 50.7 Å². The second kappa shape index (κ2) is 7.95. The van der Waals surface area contributed by atoms with Crippen molar-refractivity contribution >= 4 is 10.8 Å². The third-order valence-electron chi connectivity index (χ3n) is 6.27. The second-order valence-electron chi connectivity index (χ2n) is 7.86. The van der Waals surface area contributed by atoms with Crippen LogP contribution in [0.3, 0.4) is 0 Å². The van der Waals surface area contributed by atoms with Gasteiger partial charge in [-0.15, -0.1) is 0 Å². The molecule has 0 aromatic heterocycles. The van der Waals surface area contributed by atoms with Crippen LogP contribution >= 0.6 is 0 Å². The molecule has 1 atom stereocenters. The van der Waals surface area contributed by atoms with Crippen LogP contribution in [0.5, 0.6) is 5.75 Å². The lowest BCUT2D eigenvalue weighted by Crippen LogP contribution is -2.56. The number of aromatic hydroxyl groups is 1. The number of hydrogen-bond donors (Lipinski definition) is 2. The van der Waals surface area contributed by atoms with Crippen LogP contribution < -0.4 is 0 Å². The van der Waals surface area contributed by atoms with Gasteiger partial charge >= 0.3 is 0 Å². The van der Waals surface area contributed by atoms with Gasteiger partial charge < -0.3 is 10.2 Å². The first-order chi connectivity index (χ1) is 12.8. The molecule has 1 aliphatic heterocycles. The van der Waals surface area contributed by atoms with E-state index in [-0.39, 0.29) is 6.61 Å². The van der Waals surface area contributed by atoms with Gasteiger partial charge in [0.1, 0.15) is 5.75 Å². The van der Waals surface area contributed by atoms with Crippen LogP contribution in [0.25, 0.3) is 10.8 Å². The summed E-state index contributed by atoms with van der Waals surface area (Å²) in [6.07, 6.45) is 6.16. The van der Waals surface area contributed by atoms with E-state index in [2.05, 4.69) is 21.9 Å². The van der Waals surface area contributed by atoms with Crippen molar-refractivity contribution in [3.63, 3.8) is 0 Å². The summed E-state index contributed by atoms with van der Waals surface area (Å²) in [5.41, 5.74) is 1.03. The fourth-order valence-electron chi connectivity index (χ4n) is 4.91. The molecule has 1 aliphatic carbocycles. The molecule has 0 bridgehead atoms. The van der Waals surface area contributed by atoms with E-state index in [0.717, 1.165) is 43.5 Å². The molecule has 0 spiro atoms. The quantitative estimate of drug-likeness (QED) is 0.864. The van der Waals surface area contributed by atoms with Gasteiger partial charge in [0, 0.05) is 50.4 Å². The number of phenolic OH excluding ortho intramolecular Hbond substituents is 1. The monoisotopic (exact) mass is 354 g/mol. The maximum Gasteiger partial charge on any atom is 0.120 e. The molecule has 2 aliphatic rings. The third-order valence-corrected chi connectivity index (χ3v) is 6.27. The van der Waals surface area contributed by atoms with Gasteiger partial charge in [-0.2, -0.15) is 0 Å². The Labute approximate surface area is 156 Å². The second-order valence-corrected chi connectivity index (χ2v) is 7.86. The number of aliphatic hydroxyl groups excluding tert-OH is 1. The van der Waals surface area contributed by atoms with Gasteiger partial charge in [-0.25, -0.2) is 0 Å². The first-order valence-electron chi connectivity index (χ1n) is 10.0. The lowest BCUT2D eigenvalue weighted by atomic mass is 10.0. The maximum atomic E-state index is 10.5. The number of aliphatic hydroxyl groups is 1. The number of hydrogen-bond acceptors (Lipinski definition) is 4. The molecule has 26 heavy (non-hydrogen) atoms. The highest BCUT2D eigenvalue weighted by Gasteiger charge is 2.33. The first-order valence-corrected chi connectivity index (χ1v) is 10.0. The molecule has 4 rings (SSSR count). The summed E-state index contributed by atoms with van der Waals surface area (Å²) >= 11 is 0. The fourth-order valence-corrected chi connectivity index (χ4v) is 4.91. The Morgan fingerprint density at radius 3 is 2.62 bits per heavy atom. The molecule has 140 valence electrons. The van der Waals surface area contributed by atoms with Gasteiger partial charge in [0.05, 0.1) is 0 Å². The predicted molar refractivity (Wildman–Crippen MR) is 105 cm³/mol. The highest BCUT2D eigenvalue weighted by molar-refractivity contribution is 5.87. The van der Waals surface area contributed by atoms with Crippen LogP contribution in [0.1, 0.15) is 37.7 Å². The Kier molecular flexibility index (Phi) is 5.44. The van der Waals surface area contributed by atoms with E-state index in [0.29, 0.717) is 17.8 Å². The molecule has 2 N–H and O–H groups in total. The zero-order chi connectivity index (χ0) is 17.9. The summed E-state index contributed by atoms with van der Waals surface area (Å²) in [7, 11) is 0. The third kappa shape index (κ3) is 3.59. The number of fused-ring (bicyclic) bond motifs is 1. The summed E-state index contributed by atoms with van der Waals surface area (Å²) in [4.78, 5) is 5.11. The van der Waals surface area contributed by atoms with Crippen LogP contribution in [0.4, 0.5) is 0 Å². The van der Waals surface area contributed by atoms with Crippen molar-refractivity contribution in [3.8, 4) is 5.75 Å². The molecule has 2 aromatic rings. The molecule has 1 saturated carbocycles. The molecule has 0 amide bonds. The van der Waals surface area contributed by atoms with Gasteiger partial charge in [-0.3, -0.25) is 9.80 Å². The summed E-state index contributed by atoms with van der Waals surface area (Å²) in [5, 5.41) is 22.3. The van der Waals surface area contributed by atoms with Crippen molar-refractivity contribution in [2.75, 3.05) is 26.2 Å². The Morgan fingerprint density at radius 1 is 1.00 bits per heavy atom. The van der Waals surface area contributed by atoms with Crippen molar-refractivity contribution in [1.82, 2.24) is 9.80 Å². The zero-order valence-electron chi connectivity index (χ0n) is 15.5. The maximum absolute atomic E-state index is 10.5. The Bertz CT molecular complexity index is 742. The highest BCUT2D eigenvalue weighted by atomic mass is 16.3. The van der Waals surface area contributed by atoms with E-state index in [4.69, 9.17) is 0 Å². The van der Waals surface area contributed by atoms with E-state index >= 15 is 0 Å². The molecule has 1 unspecified atom stereocenters.